The molecule has 1 aromatic carbocycles. The lowest BCUT2D eigenvalue weighted by Gasteiger charge is -2.15. The molecule has 1 fully saturated rings. The molecule has 1 N–H and O–H groups in total. The molecular weight excluding hydrogens is 267 g/mol. The van der Waals surface area contributed by atoms with E-state index < -0.39 is 11.7 Å². The van der Waals surface area contributed by atoms with Crippen molar-refractivity contribution in [1.29, 1.82) is 0 Å². The maximum Gasteiger partial charge on any atom is 0.419 e. The van der Waals surface area contributed by atoms with Crippen LogP contribution in [0.15, 0.2) is 18.2 Å². The summed E-state index contributed by atoms with van der Waals surface area (Å²) in [6.07, 6.45) is -1.31. The smallest absolute Gasteiger partial charge is 0.419 e. The Morgan fingerprint density at radius 2 is 2.05 bits per heavy atom. The Morgan fingerprint density at radius 3 is 2.65 bits per heavy atom. The summed E-state index contributed by atoms with van der Waals surface area (Å²) in [6.45, 7) is 3.64. The summed E-state index contributed by atoms with van der Waals surface area (Å²) in [6, 6.07) is 4.32. The van der Waals surface area contributed by atoms with E-state index in [1.165, 1.54) is 12.1 Å². The quantitative estimate of drug-likeness (QED) is 0.766. The molecular formula is C15H20F3NO. The summed E-state index contributed by atoms with van der Waals surface area (Å²) in [5, 5.41) is 3.10. The fourth-order valence-electron chi connectivity index (χ4n) is 1.94. The van der Waals surface area contributed by atoms with Gasteiger partial charge in [-0.15, -0.1) is 0 Å². The van der Waals surface area contributed by atoms with Crippen LogP contribution in [0.25, 0.3) is 0 Å². The van der Waals surface area contributed by atoms with E-state index in [1.54, 1.807) is 6.07 Å². The zero-order chi connectivity index (χ0) is 14.6. The van der Waals surface area contributed by atoms with Gasteiger partial charge in [0.2, 0.25) is 0 Å². The van der Waals surface area contributed by atoms with Crippen molar-refractivity contribution >= 4 is 0 Å². The van der Waals surface area contributed by atoms with Gasteiger partial charge in [0, 0.05) is 6.54 Å². The van der Waals surface area contributed by atoms with Crippen molar-refractivity contribution in [3.8, 4) is 5.75 Å². The Kier molecular flexibility index (Phi) is 4.91. The number of benzene rings is 1. The number of hydrogen-bond acceptors (Lipinski definition) is 2. The molecule has 0 amide bonds. The highest BCUT2D eigenvalue weighted by Crippen LogP contribution is 2.38. The van der Waals surface area contributed by atoms with Gasteiger partial charge >= 0.3 is 6.18 Å². The predicted molar refractivity (Wildman–Crippen MR) is 71.7 cm³/mol. The highest BCUT2D eigenvalue weighted by atomic mass is 19.4. The third-order valence-corrected chi connectivity index (χ3v) is 3.28. The molecule has 0 aromatic heterocycles. The van der Waals surface area contributed by atoms with Gasteiger partial charge in [-0.05, 0) is 49.4 Å². The minimum atomic E-state index is -4.38. The van der Waals surface area contributed by atoms with E-state index in [9.17, 15) is 13.2 Å². The Morgan fingerprint density at radius 1 is 1.30 bits per heavy atom. The molecule has 0 spiro atoms. The summed E-state index contributed by atoms with van der Waals surface area (Å²) >= 11 is 0. The first-order valence-electron chi connectivity index (χ1n) is 7.04. The molecule has 0 heterocycles. The van der Waals surface area contributed by atoms with Crippen LogP contribution in [0.5, 0.6) is 5.75 Å². The van der Waals surface area contributed by atoms with E-state index in [1.807, 2.05) is 6.92 Å². The zero-order valence-corrected chi connectivity index (χ0v) is 11.6. The maximum atomic E-state index is 13.1. The third-order valence-electron chi connectivity index (χ3n) is 3.28. The molecule has 20 heavy (non-hydrogen) atoms. The minimum absolute atomic E-state index is 0.0522. The van der Waals surface area contributed by atoms with Crippen LogP contribution < -0.4 is 10.1 Å². The molecule has 0 atom stereocenters. The van der Waals surface area contributed by atoms with Crippen LogP contribution in [0, 0.1) is 5.92 Å². The topological polar surface area (TPSA) is 21.3 Å². The van der Waals surface area contributed by atoms with Crippen LogP contribution in [-0.2, 0) is 12.7 Å². The fraction of sp³-hybridized carbons (Fsp3) is 0.600. The molecule has 1 aliphatic rings. The molecule has 0 bridgehead atoms. The first kappa shape index (κ1) is 15.2. The van der Waals surface area contributed by atoms with E-state index in [2.05, 4.69) is 5.32 Å². The third kappa shape index (κ3) is 4.40. The first-order chi connectivity index (χ1) is 9.50. The summed E-state index contributed by atoms with van der Waals surface area (Å²) in [5.41, 5.74) is -0.0431. The lowest BCUT2D eigenvalue weighted by atomic mass is 10.1. The first-order valence-corrected chi connectivity index (χ1v) is 7.04. The standard InChI is InChI=1S/C15H20F3NO/c1-2-7-19-9-12-5-6-14(20-10-11-3-4-11)13(8-12)15(16,17)18/h5-6,8,11,19H,2-4,7,9-10H2,1H3. The van der Waals surface area contributed by atoms with Crippen molar-refractivity contribution in [2.24, 2.45) is 5.92 Å². The van der Waals surface area contributed by atoms with Crippen LogP contribution in [0.1, 0.15) is 37.3 Å². The van der Waals surface area contributed by atoms with E-state index in [-0.39, 0.29) is 5.75 Å². The molecule has 0 radical (unpaired) electrons. The molecule has 1 saturated carbocycles. The second-order valence-electron chi connectivity index (χ2n) is 5.26. The highest BCUT2D eigenvalue weighted by molar-refractivity contribution is 5.39. The Bertz CT molecular complexity index is 441. The molecule has 1 aliphatic carbocycles. The highest BCUT2D eigenvalue weighted by Gasteiger charge is 2.35. The monoisotopic (exact) mass is 287 g/mol. The predicted octanol–water partition coefficient (Wildman–Crippen LogP) is 3.99. The molecule has 1 aromatic rings. The Labute approximate surface area is 117 Å². The SMILES string of the molecule is CCCNCc1ccc(OCC2CC2)c(C(F)(F)F)c1. The lowest BCUT2D eigenvalue weighted by Crippen LogP contribution is -2.15. The number of nitrogens with one attached hydrogen (secondary N) is 1. The van der Waals surface area contributed by atoms with Crippen LogP contribution in [0.3, 0.4) is 0 Å². The lowest BCUT2D eigenvalue weighted by molar-refractivity contribution is -0.139. The van der Waals surface area contributed by atoms with E-state index in [0.717, 1.165) is 25.8 Å². The van der Waals surface area contributed by atoms with Crippen molar-refractivity contribution in [3.63, 3.8) is 0 Å². The summed E-state index contributed by atoms with van der Waals surface area (Å²) in [7, 11) is 0. The van der Waals surface area contributed by atoms with Gasteiger partial charge in [0.05, 0.1) is 12.2 Å². The Hall–Kier alpha value is -1.23. The Balaban J connectivity index is 2.09. The summed E-state index contributed by atoms with van der Waals surface area (Å²) in [5.74, 6) is 0.380. The average Bonchev–Trinajstić information content (AvgIpc) is 3.20. The van der Waals surface area contributed by atoms with Crippen LogP contribution in [-0.4, -0.2) is 13.2 Å². The molecule has 0 aliphatic heterocycles. The molecule has 0 saturated heterocycles. The van der Waals surface area contributed by atoms with Gasteiger partial charge in [-0.3, -0.25) is 0 Å². The van der Waals surface area contributed by atoms with Gasteiger partial charge in [0.15, 0.2) is 0 Å². The van der Waals surface area contributed by atoms with Gasteiger partial charge in [-0.2, -0.15) is 13.2 Å². The van der Waals surface area contributed by atoms with Crippen molar-refractivity contribution in [3.05, 3.63) is 29.3 Å². The molecule has 112 valence electrons. The number of hydrogen-bond donors (Lipinski definition) is 1. The molecule has 2 rings (SSSR count). The van der Waals surface area contributed by atoms with Gasteiger partial charge in [-0.1, -0.05) is 13.0 Å². The second-order valence-corrected chi connectivity index (χ2v) is 5.26. The minimum Gasteiger partial charge on any atom is -0.493 e. The van der Waals surface area contributed by atoms with Gasteiger partial charge < -0.3 is 10.1 Å². The average molecular weight is 287 g/mol. The van der Waals surface area contributed by atoms with Crippen molar-refractivity contribution in [2.45, 2.75) is 38.9 Å². The van der Waals surface area contributed by atoms with Gasteiger partial charge in [-0.25, -0.2) is 0 Å². The fourth-order valence-corrected chi connectivity index (χ4v) is 1.94. The van der Waals surface area contributed by atoms with Crippen LogP contribution >= 0.6 is 0 Å². The normalized spacial score (nSPS) is 15.4. The van der Waals surface area contributed by atoms with Crippen LogP contribution in [0.4, 0.5) is 13.2 Å². The summed E-state index contributed by atoms with van der Waals surface area (Å²) < 4.78 is 44.5. The van der Waals surface area contributed by atoms with E-state index in [0.29, 0.717) is 24.6 Å². The number of halogens is 3. The van der Waals surface area contributed by atoms with Crippen molar-refractivity contribution < 1.29 is 17.9 Å². The van der Waals surface area contributed by atoms with Gasteiger partial charge in [0.1, 0.15) is 5.75 Å². The molecule has 2 nitrogen and oxygen atoms in total. The van der Waals surface area contributed by atoms with Crippen LogP contribution in [0.2, 0.25) is 0 Å². The number of ether oxygens (including phenoxy) is 1. The molecule has 5 heteroatoms. The summed E-state index contributed by atoms with van der Waals surface area (Å²) in [4.78, 5) is 0. The van der Waals surface area contributed by atoms with E-state index >= 15 is 0 Å². The van der Waals surface area contributed by atoms with Crippen molar-refractivity contribution in [2.75, 3.05) is 13.2 Å². The second kappa shape index (κ2) is 6.48. The van der Waals surface area contributed by atoms with Gasteiger partial charge in [0.25, 0.3) is 0 Å². The number of rotatable bonds is 7. The van der Waals surface area contributed by atoms with Crippen molar-refractivity contribution in [1.82, 2.24) is 5.32 Å². The maximum absolute atomic E-state index is 13.1. The molecule has 0 unspecified atom stereocenters. The number of alkyl halides is 3. The zero-order valence-electron chi connectivity index (χ0n) is 11.6. The largest absolute Gasteiger partial charge is 0.493 e. The van der Waals surface area contributed by atoms with E-state index in [4.69, 9.17) is 4.74 Å².